The maximum atomic E-state index is 10.6. The summed E-state index contributed by atoms with van der Waals surface area (Å²) in [6.07, 6.45) is 0. The molecule has 1 heterocycles. The fourth-order valence-electron chi connectivity index (χ4n) is 1.32. The zero-order valence-corrected chi connectivity index (χ0v) is 10.8. The number of nitrogens with zero attached hydrogens (tertiary/aromatic N) is 2. The molecule has 2 N–H and O–H groups in total. The van der Waals surface area contributed by atoms with E-state index in [1.807, 2.05) is 4.72 Å². The summed E-state index contributed by atoms with van der Waals surface area (Å²) < 4.78 is 31.6. The molecule has 0 aliphatic rings. The van der Waals surface area contributed by atoms with E-state index in [2.05, 4.69) is 4.98 Å². The number of thiazole rings is 1. The topological polar surface area (TPSA) is 122 Å². The van der Waals surface area contributed by atoms with Crippen LogP contribution in [-0.4, -0.2) is 22.9 Å². The molecule has 2 rings (SSSR count). The molecule has 0 aliphatic heterocycles. The van der Waals surface area contributed by atoms with E-state index in [4.69, 9.17) is 4.55 Å². The standard InChI is InChI=1S/C9H7N3O5S2/c13-12(14)7-3-1-6(2-4-7)8-5-18-9(10-8)11-19(15,16)17/h1-5H,(H,10,11)(H,15,16,17). The average molecular weight is 301 g/mol. The molecule has 2 aromatic rings. The van der Waals surface area contributed by atoms with Crippen molar-refractivity contribution >= 4 is 32.5 Å². The van der Waals surface area contributed by atoms with Gasteiger partial charge in [0, 0.05) is 23.1 Å². The lowest BCUT2D eigenvalue weighted by Gasteiger charge is -1.97. The second kappa shape index (κ2) is 4.91. The van der Waals surface area contributed by atoms with Crippen molar-refractivity contribution in [1.82, 2.24) is 4.98 Å². The molecule has 0 amide bonds. The van der Waals surface area contributed by atoms with Crippen LogP contribution >= 0.6 is 11.3 Å². The van der Waals surface area contributed by atoms with Crippen LogP contribution in [0.1, 0.15) is 0 Å². The SMILES string of the molecule is O=[N+]([O-])c1ccc(-c2csc(NS(=O)(=O)O)n2)cc1. The van der Waals surface area contributed by atoms with Gasteiger partial charge < -0.3 is 0 Å². The van der Waals surface area contributed by atoms with Crippen molar-refractivity contribution in [3.63, 3.8) is 0 Å². The van der Waals surface area contributed by atoms with E-state index < -0.39 is 15.2 Å². The van der Waals surface area contributed by atoms with Crippen LogP contribution in [0.3, 0.4) is 0 Å². The minimum Gasteiger partial charge on any atom is -0.269 e. The Bertz CT molecular complexity index is 708. The Labute approximate surface area is 111 Å². The largest absolute Gasteiger partial charge is 0.359 e. The second-order valence-electron chi connectivity index (χ2n) is 3.42. The quantitative estimate of drug-likeness (QED) is 0.505. The molecule has 0 aliphatic carbocycles. The van der Waals surface area contributed by atoms with Crippen LogP contribution in [-0.2, 0) is 10.3 Å². The average Bonchev–Trinajstić information content (AvgIpc) is 2.75. The minimum atomic E-state index is -4.36. The molecule has 0 atom stereocenters. The monoisotopic (exact) mass is 301 g/mol. The Morgan fingerprint density at radius 1 is 1.32 bits per heavy atom. The summed E-state index contributed by atoms with van der Waals surface area (Å²) in [4.78, 5) is 13.9. The highest BCUT2D eigenvalue weighted by Crippen LogP contribution is 2.26. The van der Waals surface area contributed by atoms with Gasteiger partial charge in [-0.05, 0) is 12.1 Å². The number of aromatic nitrogens is 1. The van der Waals surface area contributed by atoms with Gasteiger partial charge in [-0.3, -0.25) is 14.7 Å². The number of nitro groups is 1. The van der Waals surface area contributed by atoms with E-state index in [-0.39, 0.29) is 10.8 Å². The zero-order chi connectivity index (χ0) is 14.0. The summed E-state index contributed by atoms with van der Waals surface area (Å²) in [5.74, 6) is 0. The minimum absolute atomic E-state index is 0.0100. The van der Waals surface area contributed by atoms with Gasteiger partial charge in [-0.15, -0.1) is 11.3 Å². The molecule has 0 bridgehead atoms. The summed E-state index contributed by atoms with van der Waals surface area (Å²) in [6, 6.07) is 5.66. The molecular weight excluding hydrogens is 294 g/mol. The number of hydrogen-bond acceptors (Lipinski definition) is 6. The summed E-state index contributed by atoms with van der Waals surface area (Å²) in [6.45, 7) is 0. The lowest BCUT2D eigenvalue weighted by molar-refractivity contribution is -0.384. The molecule has 8 nitrogen and oxygen atoms in total. The third-order valence-electron chi connectivity index (χ3n) is 2.09. The molecule has 1 aromatic carbocycles. The van der Waals surface area contributed by atoms with Crippen molar-refractivity contribution in [3.8, 4) is 11.3 Å². The predicted octanol–water partition coefficient (Wildman–Crippen LogP) is 1.93. The van der Waals surface area contributed by atoms with Gasteiger partial charge in [0.1, 0.15) is 0 Å². The Balaban J connectivity index is 2.25. The normalized spacial score (nSPS) is 11.2. The Morgan fingerprint density at radius 3 is 2.47 bits per heavy atom. The molecule has 19 heavy (non-hydrogen) atoms. The van der Waals surface area contributed by atoms with Crippen LogP contribution in [0.5, 0.6) is 0 Å². The Morgan fingerprint density at radius 2 is 1.95 bits per heavy atom. The summed E-state index contributed by atoms with van der Waals surface area (Å²) >= 11 is 0.986. The van der Waals surface area contributed by atoms with Gasteiger partial charge in [0.2, 0.25) is 0 Å². The van der Waals surface area contributed by atoms with Crippen LogP contribution < -0.4 is 4.72 Å². The van der Waals surface area contributed by atoms with Crippen molar-refractivity contribution in [2.75, 3.05) is 4.72 Å². The highest BCUT2D eigenvalue weighted by atomic mass is 32.2. The van der Waals surface area contributed by atoms with Gasteiger partial charge in [0.15, 0.2) is 5.13 Å². The fraction of sp³-hybridized carbons (Fsp3) is 0. The molecule has 1 aromatic heterocycles. The van der Waals surface area contributed by atoms with Crippen molar-refractivity contribution < 1.29 is 17.9 Å². The van der Waals surface area contributed by atoms with E-state index >= 15 is 0 Å². The lowest BCUT2D eigenvalue weighted by Crippen LogP contribution is -2.09. The van der Waals surface area contributed by atoms with E-state index in [0.29, 0.717) is 11.3 Å². The number of non-ortho nitro benzene ring substituents is 1. The fourth-order valence-corrected chi connectivity index (χ4v) is 2.66. The summed E-state index contributed by atoms with van der Waals surface area (Å²) in [5, 5.41) is 12.1. The molecule has 0 saturated carbocycles. The second-order valence-corrected chi connectivity index (χ2v) is 5.43. The van der Waals surface area contributed by atoms with E-state index in [9.17, 15) is 18.5 Å². The summed E-state index contributed by atoms with van der Waals surface area (Å²) in [7, 11) is -4.36. The first-order chi connectivity index (χ1) is 8.85. The van der Waals surface area contributed by atoms with Gasteiger partial charge in [-0.1, -0.05) is 0 Å². The first kappa shape index (κ1) is 13.4. The van der Waals surface area contributed by atoms with Crippen molar-refractivity contribution in [3.05, 3.63) is 39.8 Å². The first-order valence-electron chi connectivity index (χ1n) is 4.81. The number of nitro benzene ring substituents is 1. The van der Waals surface area contributed by atoms with Crippen LogP contribution in [0, 0.1) is 10.1 Å². The summed E-state index contributed by atoms with van der Waals surface area (Å²) in [5.41, 5.74) is 1.01. The predicted molar refractivity (Wildman–Crippen MR) is 69.4 cm³/mol. The molecule has 0 spiro atoms. The van der Waals surface area contributed by atoms with Crippen LogP contribution in [0.4, 0.5) is 10.8 Å². The number of hydrogen-bond donors (Lipinski definition) is 2. The van der Waals surface area contributed by atoms with E-state index in [1.54, 1.807) is 5.38 Å². The molecule has 0 unspecified atom stereocenters. The zero-order valence-electron chi connectivity index (χ0n) is 9.18. The lowest BCUT2D eigenvalue weighted by atomic mass is 10.1. The molecule has 0 saturated heterocycles. The van der Waals surface area contributed by atoms with E-state index in [0.717, 1.165) is 11.3 Å². The number of benzene rings is 1. The van der Waals surface area contributed by atoms with Crippen molar-refractivity contribution in [2.24, 2.45) is 0 Å². The highest BCUT2D eigenvalue weighted by Gasteiger charge is 2.11. The van der Waals surface area contributed by atoms with Crippen LogP contribution in [0.2, 0.25) is 0 Å². The van der Waals surface area contributed by atoms with Crippen molar-refractivity contribution in [1.29, 1.82) is 0 Å². The molecule has 0 radical (unpaired) electrons. The maximum Gasteiger partial charge on any atom is 0.359 e. The van der Waals surface area contributed by atoms with Gasteiger partial charge in [-0.25, -0.2) is 9.71 Å². The smallest absolute Gasteiger partial charge is 0.269 e. The third kappa shape index (κ3) is 3.47. The highest BCUT2D eigenvalue weighted by molar-refractivity contribution is 7.87. The van der Waals surface area contributed by atoms with Crippen molar-refractivity contribution in [2.45, 2.75) is 0 Å². The molecule has 10 heteroatoms. The van der Waals surface area contributed by atoms with Gasteiger partial charge in [-0.2, -0.15) is 8.42 Å². The number of rotatable bonds is 4. The third-order valence-corrected chi connectivity index (χ3v) is 3.43. The van der Waals surface area contributed by atoms with Gasteiger partial charge >= 0.3 is 10.3 Å². The van der Waals surface area contributed by atoms with Crippen LogP contribution in [0.15, 0.2) is 29.6 Å². The number of anilines is 1. The molecule has 100 valence electrons. The van der Waals surface area contributed by atoms with Gasteiger partial charge in [0.05, 0.1) is 10.6 Å². The van der Waals surface area contributed by atoms with Crippen LogP contribution in [0.25, 0.3) is 11.3 Å². The number of nitrogens with one attached hydrogen (secondary N) is 1. The Kier molecular flexibility index (Phi) is 3.46. The molecule has 0 fully saturated rings. The molecular formula is C9H7N3O5S2. The maximum absolute atomic E-state index is 10.6. The Hall–Kier alpha value is -2.04. The first-order valence-corrected chi connectivity index (χ1v) is 7.13. The van der Waals surface area contributed by atoms with Gasteiger partial charge in [0.25, 0.3) is 5.69 Å². The van der Waals surface area contributed by atoms with E-state index in [1.165, 1.54) is 24.3 Å².